The van der Waals surface area contributed by atoms with Gasteiger partial charge in [0.1, 0.15) is 17.5 Å². The van der Waals surface area contributed by atoms with E-state index in [1.807, 2.05) is 30.3 Å². The van der Waals surface area contributed by atoms with Crippen molar-refractivity contribution in [3.05, 3.63) is 71.3 Å². The molecule has 3 rings (SSSR count). The van der Waals surface area contributed by atoms with E-state index < -0.39 is 17.7 Å². The second-order valence-electron chi connectivity index (χ2n) is 6.75. The summed E-state index contributed by atoms with van der Waals surface area (Å²) in [4.78, 5) is 12.4. The first-order valence-electron chi connectivity index (χ1n) is 8.35. The van der Waals surface area contributed by atoms with Gasteiger partial charge in [0, 0.05) is 11.6 Å². The van der Waals surface area contributed by atoms with Crippen molar-refractivity contribution in [2.75, 3.05) is 0 Å². The van der Waals surface area contributed by atoms with E-state index in [4.69, 9.17) is 10.00 Å². The zero-order valence-corrected chi connectivity index (χ0v) is 14.6. The number of benzene rings is 2. The highest BCUT2D eigenvalue weighted by atomic mass is 16.5. The monoisotopic (exact) mass is 348 g/mol. The molecule has 1 aliphatic heterocycles. The number of hydrogen-bond donors (Lipinski definition) is 2. The van der Waals surface area contributed by atoms with Crippen molar-refractivity contribution >= 4 is 12.0 Å². The van der Waals surface area contributed by atoms with Gasteiger partial charge in [-0.25, -0.2) is 0 Å². The van der Waals surface area contributed by atoms with Crippen LogP contribution >= 0.6 is 0 Å². The van der Waals surface area contributed by atoms with E-state index in [0.29, 0.717) is 16.9 Å². The fraction of sp³-hybridized carbons (Fsp3) is 0.238. The molecular formula is C21H20N2O3. The summed E-state index contributed by atoms with van der Waals surface area (Å²) in [7, 11) is 0. The molecule has 1 aliphatic rings. The van der Waals surface area contributed by atoms with Gasteiger partial charge in [-0.2, -0.15) is 5.26 Å². The largest absolute Gasteiger partial charge is 0.485 e. The van der Waals surface area contributed by atoms with Crippen LogP contribution in [-0.2, 0) is 4.79 Å². The molecule has 132 valence electrons. The maximum atomic E-state index is 12.4. The number of amides is 1. The summed E-state index contributed by atoms with van der Waals surface area (Å²) in [6.07, 6.45) is 2.18. The zero-order chi connectivity index (χ0) is 18.7. The summed E-state index contributed by atoms with van der Waals surface area (Å²) >= 11 is 0. The average Bonchev–Trinajstić information content (AvgIpc) is 2.64. The van der Waals surface area contributed by atoms with E-state index in [0.717, 1.165) is 5.56 Å². The van der Waals surface area contributed by atoms with Crippen molar-refractivity contribution in [1.82, 2.24) is 5.32 Å². The van der Waals surface area contributed by atoms with Crippen LogP contribution in [-0.4, -0.2) is 22.7 Å². The molecule has 0 saturated carbocycles. The second kappa shape index (κ2) is 7.03. The molecule has 0 spiro atoms. The fourth-order valence-electron chi connectivity index (χ4n) is 2.96. The van der Waals surface area contributed by atoms with E-state index >= 15 is 0 Å². The summed E-state index contributed by atoms with van der Waals surface area (Å²) < 4.78 is 5.84. The molecule has 0 aromatic heterocycles. The van der Waals surface area contributed by atoms with Gasteiger partial charge < -0.3 is 15.2 Å². The van der Waals surface area contributed by atoms with Gasteiger partial charge in [-0.15, -0.1) is 0 Å². The predicted octanol–water partition coefficient (Wildman–Crippen LogP) is 2.96. The zero-order valence-electron chi connectivity index (χ0n) is 14.6. The number of rotatable bonds is 3. The number of nitrogens with one attached hydrogen (secondary N) is 1. The normalized spacial score (nSPS) is 20.7. The number of nitrogens with zero attached hydrogens (tertiary/aromatic N) is 1. The van der Waals surface area contributed by atoms with Gasteiger partial charge in [0.05, 0.1) is 17.7 Å². The Morgan fingerprint density at radius 1 is 1.27 bits per heavy atom. The summed E-state index contributed by atoms with van der Waals surface area (Å²) in [5, 5.41) is 22.7. The summed E-state index contributed by atoms with van der Waals surface area (Å²) in [5.41, 5.74) is 1.07. The van der Waals surface area contributed by atoms with Crippen molar-refractivity contribution in [1.29, 1.82) is 5.26 Å². The van der Waals surface area contributed by atoms with Crippen LogP contribution in [0.15, 0.2) is 54.6 Å². The van der Waals surface area contributed by atoms with Gasteiger partial charge in [0.15, 0.2) is 0 Å². The number of carbonyl (C=O) groups is 1. The Morgan fingerprint density at radius 2 is 2.00 bits per heavy atom. The van der Waals surface area contributed by atoms with Crippen molar-refractivity contribution in [2.24, 2.45) is 0 Å². The Bertz CT molecular complexity index is 882. The molecule has 26 heavy (non-hydrogen) atoms. The number of hydrogen-bond acceptors (Lipinski definition) is 4. The van der Waals surface area contributed by atoms with E-state index in [1.165, 1.54) is 6.08 Å². The van der Waals surface area contributed by atoms with Crippen LogP contribution in [0.2, 0.25) is 0 Å². The van der Waals surface area contributed by atoms with E-state index in [1.54, 1.807) is 38.1 Å². The van der Waals surface area contributed by atoms with Crippen LogP contribution in [0.5, 0.6) is 5.75 Å². The third-order valence-electron chi connectivity index (χ3n) is 4.40. The SMILES string of the molecule is CC1(C)Oc2ccc(C#N)cc2[C@@H](NC(=O)C=Cc2ccccc2)[C@@H]1O. The van der Waals surface area contributed by atoms with Crippen LogP contribution in [0.4, 0.5) is 0 Å². The minimum atomic E-state index is -0.960. The van der Waals surface area contributed by atoms with Gasteiger partial charge in [0.2, 0.25) is 5.91 Å². The van der Waals surface area contributed by atoms with Crippen LogP contribution in [0.25, 0.3) is 6.08 Å². The van der Waals surface area contributed by atoms with Crippen LogP contribution in [0.1, 0.15) is 36.6 Å². The number of fused-ring (bicyclic) bond motifs is 1. The van der Waals surface area contributed by atoms with Gasteiger partial charge in [0.25, 0.3) is 0 Å². The summed E-state index contributed by atoms with van der Waals surface area (Å²) in [5.74, 6) is 0.223. The van der Waals surface area contributed by atoms with E-state index in [-0.39, 0.29) is 5.91 Å². The lowest BCUT2D eigenvalue weighted by Gasteiger charge is -2.42. The lowest BCUT2D eigenvalue weighted by atomic mass is 9.86. The van der Waals surface area contributed by atoms with Crippen LogP contribution in [0, 0.1) is 11.3 Å². The van der Waals surface area contributed by atoms with Crippen molar-refractivity contribution < 1.29 is 14.6 Å². The Hall–Kier alpha value is -3.10. The smallest absolute Gasteiger partial charge is 0.244 e. The molecule has 2 aromatic carbocycles. The lowest BCUT2D eigenvalue weighted by molar-refractivity contribution is -0.121. The minimum absolute atomic E-state index is 0.330. The molecule has 0 radical (unpaired) electrons. The molecule has 0 saturated heterocycles. The topological polar surface area (TPSA) is 82.3 Å². The maximum Gasteiger partial charge on any atom is 0.244 e. The molecule has 5 heteroatoms. The van der Waals surface area contributed by atoms with Crippen LogP contribution in [0.3, 0.4) is 0 Å². The van der Waals surface area contributed by atoms with Crippen molar-refractivity contribution in [2.45, 2.75) is 31.6 Å². The third kappa shape index (κ3) is 3.61. The van der Waals surface area contributed by atoms with E-state index in [2.05, 4.69) is 11.4 Å². The molecule has 1 heterocycles. The number of carbonyl (C=O) groups excluding carboxylic acids is 1. The number of aliphatic hydroxyl groups is 1. The molecule has 2 aromatic rings. The molecule has 0 unspecified atom stereocenters. The van der Waals surface area contributed by atoms with Gasteiger partial charge in [-0.05, 0) is 43.7 Å². The van der Waals surface area contributed by atoms with Gasteiger partial charge in [-0.1, -0.05) is 30.3 Å². The third-order valence-corrected chi connectivity index (χ3v) is 4.40. The van der Waals surface area contributed by atoms with Crippen molar-refractivity contribution in [3.8, 4) is 11.8 Å². The Morgan fingerprint density at radius 3 is 2.69 bits per heavy atom. The highest BCUT2D eigenvalue weighted by Gasteiger charge is 2.43. The molecule has 2 atom stereocenters. The number of aliphatic hydroxyl groups excluding tert-OH is 1. The number of nitriles is 1. The fourth-order valence-corrected chi connectivity index (χ4v) is 2.96. The molecule has 0 bridgehead atoms. The summed E-state index contributed by atoms with van der Waals surface area (Å²) in [6, 6.07) is 15.9. The second-order valence-corrected chi connectivity index (χ2v) is 6.75. The quantitative estimate of drug-likeness (QED) is 0.836. The highest BCUT2D eigenvalue weighted by Crippen LogP contribution is 2.40. The minimum Gasteiger partial charge on any atom is -0.485 e. The first kappa shape index (κ1) is 17.7. The Kier molecular flexibility index (Phi) is 4.79. The molecular weight excluding hydrogens is 328 g/mol. The molecule has 0 aliphatic carbocycles. The molecule has 0 fully saturated rings. The average molecular weight is 348 g/mol. The van der Waals surface area contributed by atoms with Crippen molar-refractivity contribution in [3.63, 3.8) is 0 Å². The predicted molar refractivity (Wildman–Crippen MR) is 98.2 cm³/mol. The summed E-state index contributed by atoms with van der Waals surface area (Å²) in [6.45, 7) is 3.52. The maximum absolute atomic E-state index is 12.4. The van der Waals surface area contributed by atoms with Gasteiger partial charge >= 0.3 is 0 Å². The van der Waals surface area contributed by atoms with Crippen LogP contribution < -0.4 is 10.1 Å². The first-order chi connectivity index (χ1) is 12.4. The van der Waals surface area contributed by atoms with Gasteiger partial charge in [-0.3, -0.25) is 4.79 Å². The first-order valence-corrected chi connectivity index (χ1v) is 8.35. The number of ether oxygens (including phenoxy) is 1. The molecule has 5 nitrogen and oxygen atoms in total. The lowest BCUT2D eigenvalue weighted by Crippen LogP contribution is -2.53. The Labute approximate surface area is 152 Å². The molecule has 2 N–H and O–H groups in total. The Balaban J connectivity index is 1.87. The van der Waals surface area contributed by atoms with E-state index in [9.17, 15) is 9.90 Å². The standard InChI is InChI=1S/C21H20N2O3/c1-21(2)20(25)19(16-12-15(13-22)8-10-17(16)26-21)23-18(24)11-9-14-6-4-3-5-7-14/h3-12,19-20,25H,1-2H3,(H,23,24)/t19-,20+/m1/s1. The molecule has 1 amide bonds. The highest BCUT2D eigenvalue weighted by molar-refractivity contribution is 5.92.